The largest absolute Gasteiger partial charge is 0.396 e. The first kappa shape index (κ1) is 14.4. The first-order chi connectivity index (χ1) is 8.43. The highest BCUT2D eigenvalue weighted by Gasteiger charge is 2.25. The minimum absolute atomic E-state index is 0.0246. The number of halogens is 1. The second kappa shape index (κ2) is 5.82. The molecule has 0 aliphatic heterocycles. The van der Waals surface area contributed by atoms with Crippen LogP contribution in [0.4, 0.5) is 10.1 Å². The Morgan fingerprint density at radius 3 is 2.78 bits per heavy atom. The molecule has 0 fully saturated rings. The minimum Gasteiger partial charge on any atom is -0.396 e. The number of nitrogens with two attached hydrogens (primary N) is 1. The van der Waals surface area contributed by atoms with E-state index >= 15 is 0 Å². The number of aliphatic hydroxyl groups is 1. The summed E-state index contributed by atoms with van der Waals surface area (Å²) in [4.78, 5) is 12.0. The summed E-state index contributed by atoms with van der Waals surface area (Å²) in [5.41, 5.74) is 4.97. The van der Waals surface area contributed by atoms with Crippen LogP contribution in [0.2, 0.25) is 0 Å². The van der Waals surface area contributed by atoms with Crippen LogP contribution in [-0.2, 0) is 0 Å². The lowest BCUT2D eigenvalue weighted by Crippen LogP contribution is -2.46. The van der Waals surface area contributed by atoms with Gasteiger partial charge >= 0.3 is 0 Å². The summed E-state index contributed by atoms with van der Waals surface area (Å²) in [6.07, 6.45) is 1.10. The van der Waals surface area contributed by atoms with Gasteiger partial charge in [-0.15, -0.1) is 0 Å². The Kier molecular flexibility index (Phi) is 4.67. The quantitative estimate of drug-likeness (QED) is 0.700. The molecule has 1 rings (SSSR count). The normalized spacial score (nSPS) is 14.0. The summed E-state index contributed by atoms with van der Waals surface area (Å²) in [6, 6.07) is 4.12. The van der Waals surface area contributed by atoms with Crippen LogP contribution in [0.5, 0.6) is 0 Å². The molecule has 0 aliphatic rings. The molecule has 1 atom stereocenters. The van der Waals surface area contributed by atoms with Crippen LogP contribution in [0.3, 0.4) is 0 Å². The van der Waals surface area contributed by atoms with Gasteiger partial charge in [-0.25, -0.2) is 4.39 Å². The molecule has 0 bridgehead atoms. The molecular weight excluding hydrogens is 235 g/mol. The summed E-state index contributed by atoms with van der Waals surface area (Å²) in [7, 11) is 0. The van der Waals surface area contributed by atoms with Gasteiger partial charge in [-0.1, -0.05) is 13.0 Å². The third kappa shape index (κ3) is 3.20. The molecule has 1 amide bonds. The van der Waals surface area contributed by atoms with Gasteiger partial charge in [0.2, 0.25) is 0 Å². The van der Waals surface area contributed by atoms with Gasteiger partial charge in [-0.05, 0) is 31.9 Å². The smallest absolute Gasteiger partial charge is 0.253 e. The lowest BCUT2D eigenvalue weighted by atomic mass is 9.94. The molecule has 0 radical (unpaired) electrons. The average molecular weight is 254 g/mol. The molecule has 18 heavy (non-hydrogen) atoms. The Balaban J connectivity index is 2.91. The van der Waals surface area contributed by atoms with Gasteiger partial charge in [0.25, 0.3) is 5.91 Å². The van der Waals surface area contributed by atoms with Crippen LogP contribution < -0.4 is 11.1 Å². The molecule has 1 aromatic carbocycles. The van der Waals surface area contributed by atoms with Crippen molar-refractivity contribution in [2.75, 3.05) is 12.3 Å². The second-order valence-electron chi connectivity index (χ2n) is 4.54. The molecule has 0 aromatic heterocycles. The zero-order chi connectivity index (χ0) is 13.8. The third-order valence-corrected chi connectivity index (χ3v) is 3.16. The fraction of sp³-hybridized carbons (Fsp3) is 0.462. The van der Waals surface area contributed by atoms with E-state index in [0.29, 0.717) is 12.8 Å². The van der Waals surface area contributed by atoms with Crippen molar-refractivity contribution in [3.63, 3.8) is 0 Å². The summed E-state index contributed by atoms with van der Waals surface area (Å²) in [6.45, 7) is 3.71. The number of anilines is 1. The maximum absolute atomic E-state index is 13.3. The maximum Gasteiger partial charge on any atom is 0.253 e. The molecule has 100 valence electrons. The van der Waals surface area contributed by atoms with Crippen molar-refractivity contribution in [3.8, 4) is 0 Å². The van der Waals surface area contributed by atoms with Crippen molar-refractivity contribution in [1.29, 1.82) is 0 Å². The van der Waals surface area contributed by atoms with Crippen molar-refractivity contribution in [2.24, 2.45) is 0 Å². The van der Waals surface area contributed by atoms with Crippen molar-refractivity contribution in [1.82, 2.24) is 5.32 Å². The predicted molar refractivity (Wildman–Crippen MR) is 68.7 cm³/mol. The average Bonchev–Trinajstić information content (AvgIpc) is 2.32. The summed E-state index contributed by atoms with van der Waals surface area (Å²) < 4.78 is 13.3. The molecule has 1 aromatic rings. The van der Waals surface area contributed by atoms with E-state index in [1.807, 2.05) is 13.8 Å². The summed E-state index contributed by atoms with van der Waals surface area (Å²) in [5, 5.41) is 11.8. The fourth-order valence-electron chi connectivity index (χ4n) is 1.65. The molecule has 0 saturated heterocycles. The molecule has 0 saturated carbocycles. The van der Waals surface area contributed by atoms with E-state index in [1.54, 1.807) is 0 Å². The Morgan fingerprint density at radius 2 is 2.22 bits per heavy atom. The lowest BCUT2D eigenvalue weighted by molar-refractivity contribution is 0.0886. The van der Waals surface area contributed by atoms with Crippen molar-refractivity contribution < 1.29 is 14.3 Å². The molecule has 0 aliphatic carbocycles. The van der Waals surface area contributed by atoms with Gasteiger partial charge in [0.1, 0.15) is 5.82 Å². The molecule has 1 unspecified atom stereocenters. The van der Waals surface area contributed by atoms with Crippen LogP contribution in [-0.4, -0.2) is 23.2 Å². The Labute approximate surface area is 106 Å². The number of nitrogen functional groups attached to an aromatic ring is 1. The van der Waals surface area contributed by atoms with Gasteiger partial charge in [0.15, 0.2) is 0 Å². The first-order valence-electron chi connectivity index (χ1n) is 5.91. The summed E-state index contributed by atoms with van der Waals surface area (Å²) >= 11 is 0. The van der Waals surface area contributed by atoms with Gasteiger partial charge in [-0.3, -0.25) is 4.79 Å². The van der Waals surface area contributed by atoms with E-state index < -0.39 is 17.3 Å². The number of hydrogen-bond donors (Lipinski definition) is 3. The van der Waals surface area contributed by atoms with Crippen molar-refractivity contribution >= 4 is 11.6 Å². The number of nitrogens with one attached hydrogen (secondary N) is 1. The third-order valence-electron chi connectivity index (χ3n) is 3.16. The Morgan fingerprint density at radius 1 is 1.56 bits per heavy atom. The SMILES string of the molecule is CCC(C)(CCO)NC(=O)c1cccc(F)c1N. The molecule has 4 nitrogen and oxygen atoms in total. The van der Waals surface area contributed by atoms with Gasteiger partial charge < -0.3 is 16.2 Å². The first-order valence-corrected chi connectivity index (χ1v) is 5.91. The van der Waals surface area contributed by atoms with Crippen molar-refractivity contribution in [3.05, 3.63) is 29.6 Å². The minimum atomic E-state index is -0.608. The Hall–Kier alpha value is -1.62. The van der Waals surface area contributed by atoms with Gasteiger partial charge in [0, 0.05) is 12.1 Å². The number of aliphatic hydroxyl groups excluding tert-OH is 1. The molecule has 4 N–H and O–H groups in total. The van der Waals surface area contributed by atoms with Crippen LogP contribution in [0.1, 0.15) is 37.0 Å². The monoisotopic (exact) mass is 254 g/mol. The van der Waals surface area contributed by atoms with E-state index in [1.165, 1.54) is 18.2 Å². The fourth-order valence-corrected chi connectivity index (χ4v) is 1.65. The highest BCUT2D eigenvalue weighted by atomic mass is 19.1. The number of hydrogen-bond acceptors (Lipinski definition) is 3. The second-order valence-corrected chi connectivity index (χ2v) is 4.54. The highest BCUT2D eigenvalue weighted by molar-refractivity contribution is 5.99. The van der Waals surface area contributed by atoms with E-state index in [4.69, 9.17) is 10.8 Å². The van der Waals surface area contributed by atoms with Gasteiger partial charge in [0.05, 0.1) is 11.3 Å². The number of carbonyl (C=O) groups is 1. The summed E-state index contributed by atoms with van der Waals surface area (Å²) in [5.74, 6) is -1.03. The predicted octanol–water partition coefficient (Wildman–Crippen LogP) is 1.69. The number of rotatable bonds is 5. The van der Waals surface area contributed by atoms with E-state index in [2.05, 4.69) is 5.32 Å². The number of benzene rings is 1. The Bertz CT molecular complexity index is 437. The van der Waals surface area contributed by atoms with E-state index in [0.717, 1.165) is 0 Å². The van der Waals surface area contributed by atoms with Crippen LogP contribution in [0.25, 0.3) is 0 Å². The zero-order valence-electron chi connectivity index (χ0n) is 10.7. The number of carbonyl (C=O) groups excluding carboxylic acids is 1. The molecule has 0 heterocycles. The number of para-hydroxylation sites is 1. The maximum atomic E-state index is 13.3. The van der Waals surface area contributed by atoms with Crippen LogP contribution in [0, 0.1) is 5.82 Å². The van der Waals surface area contributed by atoms with Crippen LogP contribution >= 0.6 is 0 Å². The van der Waals surface area contributed by atoms with Crippen LogP contribution in [0.15, 0.2) is 18.2 Å². The lowest BCUT2D eigenvalue weighted by Gasteiger charge is -2.29. The zero-order valence-corrected chi connectivity index (χ0v) is 10.7. The van der Waals surface area contributed by atoms with E-state index in [-0.39, 0.29) is 17.9 Å². The molecule has 5 heteroatoms. The standard InChI is InChI=1S/C13H19FN2O2/c1-3-13(2,7-8-17)16-12(18)9-5-4-6-10(14)11(9)15/h4-6,17H,3,7-8,15H2,1-2H3,(H,16,18). The highest BCUT2D eigenvalue weighted by Crippen LogP contribution is 2.19. The number of amides is 1. The van der Waals surface area contributed by atoms with Crippen molar-refractivity contribution in [2.45, 2.75) is 32.2 Å². The topological polar surface area (TPSA) is 75.3 Å². The van der Waals surface area contributed by atoms with E-state index in [9.17, 15) is 9.18 Å². The molecular formula is C13H19FN2O2. The molecule has 0 spiro atoms. The van der Waals surface area contributed by atoms with Gasteiger partial charge in [-0.2, -0.15) is 0 Å².